The average Bonchev–Trinajstić information content (AvgIpc) is 4.11. The third-order valence-corrected chi connectivity index (χ3v) is 14.0. The molecule has 11 N–H and O–H groups in total. The number of fused-ring (bicyclic) bond motifs is 3. The molecule has 3 fully saturated rings. The van der Waals surface area contributed by atoms with Crippen LogP contribution in [0.2, 0.25) is 0 Å². The zero-order valence-corrected chi connectivity index (χ0v) is 36.4. The predicted octanol–water partition coefficient (Wildman–Crippen LogP) is -0.258. The van der Waals surface area contributed by atoms with Crippen molar-refractivity contribution < 1.29 is 70.9 Å². The average molecular weight is 970 g/mol. The van der Waals surface area contributed by atoms with Crippen molar-refractivity contribution in [3.63, 3.8) is 0 Å². The van der Waals surface area contributed by atoms with Gasteiger partial charge in [-0.15, -0.1) is 0 Å². The van der Waals surface area contributed by atoms with E-state index in [4.69, 9.17) is 49.5 Å². The minimum absolute atomic E-state index is 0.00569. The summed E-state index contributed by atoms with van der Waals surface area (Å²) >= 11 is 0. The molecule has 9 rings (SSSR count). The van der Waals surface area contributed by atoms with E-state index in [-0.39, 0.29) is 76.4 Å². The van der Waals surface area contributed by atoms with Crippen LogP contribution in [0.3, 0.4) is 0 Å². The summed E-state index contributed by atoms with van der Waals surface area (Å²) in [5.74, 6) is 0.158. The van der Waals surface area contributed by atoms with Crippen LogP contribution in [-0.2, 0) is 46.0 Å². The number of hydrogen-bond acceptors (Lipinski definition) is 24. The molecule has 13 atom stereocenters. The highest BCUT2D eigenvalue weighted by molar-refractivity contribution is 7.57. The van der Waals surface area contributed by atoms with Gasteiger partial charge in [-0.3, -0.25) is 36.4 Å². The molecule has 3 aliphatic rings. The van der Waals surface area contributed by atoms with Gasteiger partial charge in [-0.1, -0.05) is 0 Å². The molecule has 33 heteroatoms. The molecule has 0 bridgehead atoms. The Balaban J connectivity index is 0.891. The van der Waals surface area contributed by atoms with Crippen LogP contribution in [0.5, 0.6) is 0 Å². The lowest BCUT2D eigenvalue weighted by atomic mass is 10.1. The molecule has 3 aliphatic heterocycles. The van der Waals surface area contributed by atoms with E-state index in [0.29, 0.717) is 0 Å². The van der Waals surface area contributed by atoms with Gasteiger partial charge in [-0.05, 0) is 6.42 Å². The maximum Gasteiger partial charge on any atom is 0.472 e. The van der Waals surface area contributed by atoms with Gasteiger partial charge in [0.15, 0.2) is 60.4 Å². The Bertz CT molecular complexity index is 2860. The number of aliphatic hydroxyl groups is 2. The molecule has 0 aromatic carbocycles. The van der Waals surface area contributed by atoms with Crippen molar-refractivity contribution in [1.29, 1.82) is 0 Å². The van der Waals surface area contributed by atoms with Crippen LogP contribution in [0.25, 0.3) is 33.5 Å². The van der Waals surface area contributed by atoms with Crippen LogP contribution in [0.15, 0.2) is 38.0 Å². The predicted molar refractivity (Wildman–Crippen MR) is 219 cm³/mol. The summed E-state index contributed by atoms with van der Waals surface area (Å²) in [4.78, 5) is 68.9. The minimum Gasteiger partial charge on any atom is -0.387 e. The van der Waals surface area contributed by atoms with E-state index >= 15 is 0 Å². The molecular weight excluding hydrogens is 927 g/mol. The lowest BCUT2D eigenvalue weighted by Gasteiger charge is -2.23. The van der Waals surface area contributed by atoms with Gasteiger partial charge in [-0.25, -0.2) is 54.0 Å². The Morgan fingerprint density at radius 1 is 0.615 bits per heavy atom. The van der Waals surface area contributed by atoms with Gasteiger partial charge in [0.05, 0.1) is 44.4 Å². The van der Waals surface area contributed by atoms with E-state index in [1.54, 1.807) is 0 Å². The number of anilines is 3. The highest BCUT2D eigenvalue weighted by Gasteiger charge is 2.48. The highest BCUT2D eigenvalue weighted by atomic mass is 31.2. The fourth-order valence-electron chi connectivity index (χ4n) is 7.80. The number of nitrogen functional groups attached to an aromatic ring is 3. The molecule has 65 heavy (non-hydrogen) atoms. The van der Waals surface area contributed by atoms with Crippen molar-refractivity contribution >= 4 is 74.0 Å². The zero-order valence-electron chi connectivity index (χ0n) is 33.7. The van der Waals surface area contributed by atoms with Crippen LogP contribution in [0.1, 0.15) is 37.9 Å². The van der Waals surface area contributed by atoms with Crippen LogP contribution < -0.4 is 17.2 Å². The van der Waals surface area contributed by atoms with Crippen molar-refractivity contribution in [2.24, 2.45) is 0 Å². The normalized spacial score (nSPS) is 30.0. The number of nitrogens with zero attached hydrogens (tertiary/aromatic N) is 12. The monoisotopic (exact) mass is 969 g/mol. The summed E-state index contributed by atoms with van der Waals surface area (Å²) in [7, 11) is -13.5. The molecule has 6 aromatic rings. The van der Waals surface area contributed by atoms with Crippen LogP contribution in [0.4, 0.5) is 17.5 Å². The molecule has 0 aliphatic carbocycles. The van der Waals surface area contributed by atoms with Gasteiger partial charge in [0.2, 0.25) is 0 Å². The Labute approximate surface area is 364 Å². The summed E-state index contributed by atoms with van der Waals surface area (Å²) in [6.45, 7) is -0.174. The molecule has 30 nitrogen and oxygen atoms in total. The number of hydrogen-bond donors (Lipinski definition) is 8. The molecule has 13 unspecified atom stereocenters. The standard InChI is InChI=1S/C32H42N15O15P3/c1-63(50,51)3-2-14-4-16(30(58-14)45-11-42-19-24(33)36-8-39-27(19)45)61-64(52,53)56-6-15-5-17(31(59-15)46-12-43-20-25(34)37-9-40-28(20)46)62-65(54,55)57-7-18-22(48)23(49)32(60-18)47-13-44-21-26(35)38-10-41-29(21)47/h8-18,22-23,30-32,48-49H,2-7H2,1H3,(H,50,51)(H,52,53)(H,54,55)(H2,33,36,39)(H2,34,37,40)(H2,35,38,41). The van der Waals surface area contributed by atoms with Gasteiger partial charge < -0.3 is 56.3 Å². The van der Waals surface area contributed by atoms with Gasteiger partial charge >= 0.3 is 15.6 Å². The van der Waals surface area contributed by atoms with Crippen molar-refractivity contribution in [3.05, 3.63) is 38.0 Å². The number of aliphatic hydroxyl groups excluding tert-OH is 2. The lowest BCUT2D eigenvalue weighted by Crippen LogP contribution is -2.33. The Morgan fingerprint density at radius 3 is 1.52 bits per heavy atom. The first kappa shape index (κ1) is 45.4. The fourth-order valence-corrected chi connectivity index (χ4v) is 10.4. The fraction of sp³-hybridized carbons (Fsp3) is 0.531. The molecule has 3 saturated heterocycles. The second-order valence-electron chi connectivity index (χ2n) is 15.4. The third kappa shape index (κ3) is 9.34. The first-order valence-corrected chi connectivity index (χ1v) is 24.9. The number of aromatic nitrogens is 12. The van der Waals surface area contributed by atoms with E-state index in [1.165, 1.54) is 52.0 Å². The van der Waals surface area contributed by atoms with Crippen molar-refractivity contribution in [2.45, 2.75) is 80.7 Å². The van der Waals surface area contributed by atoms with Crippen molar-refractivity contribution in [1.82, 2.24) is 58.6 Å². The summed E-state index contributed by atoms with van der Waals surface area (Å²) < 4.78 is 83.6. The van der Waals surface area contributed by atoms with Gasteiger partial charge in [-0.2, -0.15) is 0 Å². The maximum absolute atomic E-state index is 13.7. The van der Waals surface area contributed by atoms with E-state index in [9.17, 15) is 38.6 Å². The molecule has 9 heterocycles. The number of phosphoric ester groups is 2. The molecule has 0 saturated carbocycles. The molecular formula is C32H42N15O15P3. The molecule has 350 valence electrons. The maximum atomic E-state index is 13.7. The summed E-state index contributed by atoms with van der Waals surface area (Å²) in [5.41, 5.74) is 19.0. The Hall–Kier alpha value is -4.74. The topological polar surface area (TPSA) is 426 Å². The van der Waals surface area contributed by atoms with E-state index in [2.05, 4.69) is 44.9 Å². The van der Waals surface area contributed by atoms with Crippen LogP contribution in [-0.4, -0.2) is 152 Å². The largest absolute Gasteiger partial charge is 0.472 e. The summed E-state index contributed by atoms with van der Waals surface area (Å²) in [6.07, 6.45) is -5.36. The number of nitrogens with two attached hydrogens (primary N) is 3. The second-order valence-corrected chi connectivity index (χ2v) is 20.8. The number of ether oxygens (including phenoxy) is 3. The summed E-state index contributed by atoms with van der Waals surface area (Å²) in [5, 5.41) is 21.7. The zero-order chi connectivity index (χ0) is 46.0. The third-order valence-electron chi connectivity index (χ3n) is 10.8. The number of rotatable bonds is 16. The van der Waals surface area contributed by atoms with Crippen LogP contribution in [0, 0.1) is 0 Å². The van der Waals surface area contributed by atoms with E-state index in [0.717, 1.165) is 6.33 Å². The lowest BCUT2D eigenvalue weighted by molar-refractivity contribution is -0.0632. The summed E-state index contributed by atoms with van der Waals surface area (Å²) in [6, 6.07) is 0. The Morgan fingerprint density at radius 2 is 1.05 bits per heavy atom. The van der Waals surface area contributed by atoms with E-state index < -0.39 is 97.6 Å². The van der Waals surface area contributed by atoms with Crippen molar-refractivity contribution in [3.8, 4) is 0 Å². The van der Waals surface area contributed by atoms with Crippen LogP contribution >= 0.6 is 23.0 Å². The SMILES string of the molecule is CP(=O)(O)CCC1CC(OP(=O)(O)OCC2CC(OP(=O)(O)OCC3OC(n4cnc5c(N)ncnc54)C(O)C3O)C(n3cnc4c(N)ncnc43)O2)C(n2cnc3c(N)ncnc32)O1. The van der Waals surface area contributed by atoms with Gasteiger partial charge in [0.25, 0.3) is 0 Å². The van der Waals surface area contributed by atoms with Crippen molar-refractivity contribution in [2.75, 3.05) is 43.2 Å². The molecule has 0 radical (unpaired) electrons. The first-order chi connectivity index (χ1) is 30.8. The molecule has 0 spiro atoms. The Kier molecular flexibility index (Phi) is 12.2. The number of phosphoric acid groups is 2. The first-order valence-electron chi connectivity index (χ1n) is 19.6. The van der Waals surface area contributed by atoms with Gasteiger partial charge in [0, 0.05) is 25.7 Å². The smallest absolute Gasteiger partial charge is 0.387 e. The van der Waals surface area contributed by atoms with Gasteiger partial charge in [0.1, 0.15) is 66.1 Å². The molecule has 0 amide bonds. The molecule has 6 aromatic heterocycles. The highest BCUT2D eigenvalue weighted by Crippen LogP contribution is 2.53. The van der Waals surface area contributed by atoms with E-state index in [1.807, 2.05) is 0 Å². The number of imidazole rings is 3. The quantitative estimate of drug-likeness (QED) is 0.0579. The second kappa shape index (κ2) is 17.5. The minimum atomic E-state index is -5.09.